The lowest BCUT2D eigenvalue weighted by atomic mass is 10.2. The zero-order valence-corrected chi connectivity index (χ0v) is 15.9. The van der Waals surface area contributed by atoms with Crippen molar-refractivity contribution < 1.29 is 43.2 Å². The number of aromatic hydroxyl groups is 2. The lowest BCUT2D eigenvalue weighted by molar-refractivity contribution is 0.0516. The Balaban J connectivity index is 0.00000392. The predicted octanol–water partition coefficient (Wildman–Crippen LogP) is 1.46. The van der Waals surface area contributed by atoms with Crippen molar-refractivity contribution in [1.29, 1.82) is 0 Å². The highest BCUT2D eigenvalue weighted by molar-refractivity contribution is 7.91. The van der Waals surface area contributed by atoms with Crippen LogP contribution in [0.1, 0.15) is 34.6 Å². The molecule has 152 valence electrons. The molecule has 2 aromatic rings. The van der Waals surface area contributed by atoms with E-state index in [2.05, 4.69) is 0 Å². The van der Waals surface area contributed by atoms with Gasteiger partial charge in [-0.15, -0.1) is 0 Å². The summed E-state index contributed by atoms with van der Waals surface area (Å²) < 4.78 is 35.5. The van der Waals surface area contributed by atoms with E-state index in [9.17, 15) is 28.2 Å². The summed E-state index contributed by atoms with van der Waals surface area (Å²) in [5, 5.41) is 20.0. The number of rotatable bonds is 6. The smallest absolute Gasteiger partial charge is 0.338 e. The molecule has 0 aliphatic heterocycles. The number of carbonyl (C=O) groups is 2. The lowest BCUT2D eigenvalue weighted by Gasteiger charge is -2.11. The molecule has 0 saturated heterocycles. The fourth-order valence-electron chi connectivity index (χ4n) is 2.26. The fourth-order valence-corrected chi connectivity index (χ4v) is 3.75. The van der Waals surface area contributed by atoms with Crippen molar-refractivity contribution >= 4 is 21.8 Å². The maximum absolute atomic E-state index is 12.9. The van der Waals surface area contributed by atoms with Gasteiger partial charge in [0.1, 0.15) is 21.3 Å². The van der Waals surface area contributed by atoms with E-state index >= 15 is 0 Å². The molecule has 28 heavy (non-hydrogen) atoms. The summed E-state index contributed by atoms with van der Waals surface area (Å²) in [6.45, 7) is 3.36. The van der Waals surface area contributed by atoms with E-state index in [-0.39, 0.29) is 29.8 Å². The maximum Gasteiger partial charge on any atom is 0.338 e. The average molecular weight is 412 g/mol. The van der Waals surface area contributed by atoms with Gasteiger partial charge in [0.15, 0.2) is 0 Å². The Morgan fingerprint density at radius 3 is 1.50 bits per heavy atom. The summed E-state index contributed by atoms with van der Waals surface area (Å²) >= 11 is 0. The minimum atomic E-state index is -4.46. The second kappa shape index (κ2) is 9.20. The third-order valence-electron chi connectivity index (χ3n) is 3.52. The number of sulfone groups is 1. The van der Waals surface area contributed by atoms with Gasteiger partial charge in [0.2, 0.25) is 9.84 Å². The van der Waals surface area contributed by atoms with Crippen molar-refractivity contribution in [2.45, 2.75) is 23.6 Å². The molecule has 0 unspecified atom stereocenters. The topological polar surface area (TPSA) is 159 Å². The largest absolute Gasteiger partial charge is 0.507 e. The monoisotopic (exact) mass is 412 g/mol. The summed E-state index contributed by atoms with van der Waals surface area (Å²) in [6.07, 6.45) is 0. The molecule has 0 atom stereocenters. The van der Waals surface area contributed by atoms with Gasteiger partial charge in [0.25, 0.3) is 0 Å². The zero-order chi connectivity index (χ0) is 20.2. The van der Waals surface area contributed by atoms with Crippen molar-refractivity contribution in [2.75, 3.05) is 13.2 Å². The molecule has 0 heterocycles. The fraction of sp³-hybridized carbons (Fsp3) is 0.222. The van der Waals surface area contributed by atoms with E-state index < -0.39 is 43.1 Å². The van der Waals surface area contributed by atoms with Crippen LogP contribution in [0.4, 0.5) is 0 Å². The van der Waals surface area contributed by atoms with Crippen LogP contribution in [0.3, 0.4) is 0 Å². The van der Waals surface area contributed by atoms with Crippen molar-refractivity contribution in [3.63, 3.8) is 0 Å². The summed E-state index contributed by atoms with van der Waals surface area (Å²) in [4.78, 5) is 22.5. The van der Waals surface area contributed by atoms with Crippen molar-refractivity contribution in [2.24, 2.45) is 0 Å². The summed E-state index contributed by atoms with van der Waals surface area (Å²) in [7, 11) is -4.46. The van der Waals surface area contributed by atoms with Gasteiger partial charge in [-0.3, -0.25) is 0 Å². The Morgan fingerprint density at radius 2 is 1.18 bits per heavy atom. The van der Waals surface area contributed by atoms with Gasteiger partial charge >= 0.3 is 11.9 Å². The average Bonchev–Trinajstić information content (AvgIpc) is 2.62. The Hall–Kier alpha value is -3.11. The predicted molar refractivity (Wildman–Crippen MR) is 97.2 cm³/mol. The van der Waals surface area contributed by atoms with E-state index in [0.29, 0.717) is 0 Å². The molecule has 0 saturated carbocycles. The first-order valence-electron chi connectivity index (χ1n) is 7.97. The normalized spacial score (nSPS) is 10.6. The Labute approximate surface area is 161 Å². The van der Waals surface area contributed by atoms with Crippen molar-refractivity contribution in [1.82, 2.24) is 0 Å². The molecule has 2 aromatic carbocycles. The number of ether oxygens (including phenoxy) is 2. The Kier molecular flexibility index (Phi) is 7.53. The molecule has 0 amide bonds. The number of carbonyl (C=O) groups excluding carboxylic acids is 2. The van der Waals surface area contributed by atoms with Crippen LogP contribution in [0.5, 0.6) is 11.5 Å². The molecule has 0 aliphatic rings. The molecular formula is C18H20O9S. The number of esters is 2. The Bertz CT molecular complexity index is 907. The lowest BCUT2D eigenvalue weighted by Crippen LogP contribution is -2.10. The summed E-state index contributed by atoms with van der Waals surface area (Å²) in [5.41, 5.74) is -0.177. The number of phenols is 2. The van der Waals surface area contributed by atoms with E-state index in [1.54, 1.807) is 13.8 Å². The number of benzene rings is 2. The molecule has 0 fully saturated rings. The summed E-state index contributed by atoms with van der Waals surface area (Å²) in [6, 6.07) is 6.37. The number of hydrogen-bond donors (Lipinski definition) is 2. The van der Waals surface area contributed by atoms with Gasteiger partial charge in [-0.2, -0.15) is 0 Å². The van der Waals surface area contributed by atoms with Gasteiger partial charge in [0, 0.05) is 0 Å². The van der Waals surface area contributed by atoms with Crippen LogP contribution in [-0.2, 0) is 19.3 Å². The van der Waals surface area contributed by atoms with Gasteiger partial charge in [-0.05, 0) is 50.2 Å². The second-order valence-electron chi connectivity index (χ2n) is 5.31. The molecule has 0 bridgehead atoms. The molecular weight excluding hydrogens is 392 g/mol. The SMILES string of the molecule is CCOC(=O)c1ccc(O)c(S(=O)(=O)c2cc(C(=O)OCC)ccc2O)c1.O. The van der Waals surface area contributed by atoms with Crippen LogP contribution in [0, 0.1) is 0 Å². The number of phenolic OH excluding ortho intramolecular Hbond substituents is 2. The van der Waals surface area contributed by atoms with Gasteiger partial charge in [-0.1, -0.05) is 0 Å². The molecule has 4 N–H and O–H groups in total. The summed E-state index contributed by atoms with van der Waals surface area (Å²) in [5.74, 6) is -2.77. The molecule has 9 nitrogen and oxygen atoms in total. The van der Waals surface area contributed by atoms with Gasteiger partial charge in [-0.25, -0.2) is 18.0 Å². The molecule has 10 heteroatoms. The molecule has 0 aromatic heterocycles. The Morgan fingerprint density at radius 1 is 0.821 bits per heavy atom. The zero-order valence-electron chi connectivity index (χ0n) is 15.1. The first-order chi connectivity index (χ1) is 12.7. The third kappa shape index (κ3) is 4.59. The quantitative estimate of drug-likeness (QED) is 0.675. The van der Waals surface area contributed by atoms with Crippen LogP contribution >= 0.6 is 0 Å². The molecule has 2 rings (SSSR count). The van der Waals surface area contributed by atoms with Crippen LogP contribution < -0.4 is 0 Å². The van der Waals surface area contributed by atoms with E-state index in [4.69, 9.17) is 9.47 Å². The molecule has 0 spiro atoms. The van der Waals surface area contributed by atoms with E-state index in [1.165, 1.54) is 12.1 Å². The van der Waals surface area contributed by atoms with Crippen LogP contribution in [0.2, 0.25) is 0 Å². The minimum Gasteiger partial charge on any atom is -0.507 e. The maximum atomic E-state index is 12.9. The van der Waals surface area contributed by atoms with E-state index in [0.717, 1.165) is 24.3 Å². The highest BCUT2D eigenvalue weighted by atomic mass is 32.2. The van der Waals surface area contributed by atoms with Crippen molar-refractivity contribution in [3.8, 4) is 11.5 Å². The first kappa shape index (κ1) is 22.9. The highest BCUT2D eigenvalue weighted by Crippen LogP contribution is 2.34. The number of hydrogen-bond acceptors (Lipinski definition) is 8. The van der Waals surface area contributed by atoms with Crippen LogP contribution in [0.15, 0.2) is 46.2 Å². The standard InChI is InChI=1S/C18H18O8S.H2O/c1-3-25-17(21)11-5-7-13(19)15(9-11)27(23,24)16-10-12(6-8-14(16)20)18(22)26-4-2;/h5-10,19-20H,3-4H2,1-2H3;1H2. The third-order valence-corrected chi connectivity index (χ3v) is 5.33. The van der Waals surface area contributed by atoms with Gasteiger partial charge in [0.05, 0.1) is 24.3 Å². The molecule has 0 aliphatic carbocycles. The van der Waals surface area contributed by atoms with Crippen LogP contribution in [-0.4, -0.2) is 49.3 Å². The van der Waals surface area contributed by atoms with Crippen molar-refractivity contribution in [3.05, 3.63) is 47.5 Å². The second-order valence-corrected chi connectivity index (χ2v) is 7.20. The van der Waals surface area contributed by atoms with Crippen LogP contribution in [0.25, 0.3) is 0 Å². The van der Waals surface area contributed by atoms with E-state index in [1.807, 2.05) is 0 Å². The molecule has 0 radical (unpaired) electrons. The first-order valence-corrected chi connectivity index (χ1v) is 9.46. The van der Waals surface area contributed by atoms with Gasteiger partial charge < -0.3 is 25.2 Å². The highest BCUT2D eigenvalue weighted by Gasteiger charge is 2.27. The minimum absolute atomic E-state index is 0.